The van der Waals surface area contributed by atoms with Gasteiger partial charge in [0.1, 0.15) is 12.4 Å². The second-order valence-corrected chi connectivity index (χ2v) is 7.41. The van der Waals surface area contributed by atoms with Gasteiger partial charge in [0, 0.05) is 42.3 Å². The van der Waals surface area contributed by atoms with Gasteiger partial charge in [-0.05, 0) is 31.0 Å². The Morgan fingerprint density at radius 2 is 2.06 bits per heavy atom. The van der Waals surface area contributed by atoms with E-state index in [0.717, 1.165) is 24.2 Å². The maximum Gasteiger partial charge on any atom is 0.416 e. The number of halogens is 3. The van der Waals surface area contributed by atoms with Gasteiger partial charge in [-0.15, -0.1) is 0 Å². The smallest absolute Gasteiger partial charge is 0.399 e. The molecule has 5 N–H and O–H groups in total. The molecule has 1 unspecified atom stereocenters. The van der Waals surface area contributed by atoms with Crippen LogP contribution in [0.2, 0.25) is 0 Å². The summed E-state index contributed by atoms with van der Waals surface area (Å²) in [5.41, 5.74) is 5.65. The minimum absolute atomic E-state index is 0.0238. The topological polar surface area (TPSA) is 116 Å². The fourth-order valence-electron chi connectivity index (χ4n) is 3.46. The summed E-state index contributed by atoms with van der Waals surface area (Å²) >= 11 is 0. The molecule has 8 nitrogen and oxygen atoms in total. The van der Waals surface area contributed by atoms with Gasteiger partial charge in [-0.2, -0.15) is 18.2 Å². The van der Waals surface area contributed by atoms with Crippen molar-refractivity contribution in [2.45, 2.75) is 38.4 Å². The number of carbonyl (C=O) groups excluding carboxylic acids is 1. The van der Waals surface area contributed by atoms with E-state index >= 15 is 0 Å². The molecule has 1 saturated heterocycles. The van der Waals surface area contributed by atoms with Crippen LogP contribution in [-0.4, -0.2) is 46.7 Å². The number of anilines is 4. The normalized spacial score (nSPS) is 16.4. The lowest BCUT2D eigenvalue weighted by Crippen LogP contribution is -2.38. The molecule has 2 aromatic rings. The Hall–Kier alpha value is -3.08. The predicted octanol–water partition coefficient (Wildman–Crippen LogP) is 2.46. The number of benzene rings is 1. The molecule has 2 heterocycles. The van der Waals surface area contributed by atoms with Crippen molar-refractivity contribution in [3.8, 4) is 0 Å². The molecule has 1 aromatic heterocycles. The van der Waals surface area contributed by atoms with Gasteiger partial charge < -0.3 is 26.4 Å². The zero-order valence-electron chi connectivity index (χ0n) is 17.0. The molecule has 1 fully saturated rings. The molecule has 0 saturated carbocycles. The van der Waals surface area contributed by atoms with E-state index in [1.807, 2.05) is 17.9 Å². The fourth-order valence-corrected chi connectivity index (χ4v) is 3.46. The third kappa shape index (κ3) is 5.97. The lowest BCUT2D eigenvalue weighted by atomic mass is 10.1. The summed E-state index contributed by atoms with van der Waals surface area (Å²) in [6.07, 6.45) is -2.33. The first kappa shape index (κ1) is 22.6. The summed E-state index contributed by atoms with van der Waals surface area (Å²) < 4.78 is 39.3. The van der Waals surface area contributed by atoms with Crippen molar-refractivity contribution in [3.05, 3.63) is 35.5 Å². The average molecular weight is 438 g/mol. The van der Waals surface area contributed by atoms with E-state index in [9.17, 15) is 18.0 Å². The Bertz CT molecular complexity index is 938. The van der Waals surface area contributed by atoms with E-state index in [0.29, 0.717) is 31.7 Å². The van der Waals surface area contributed by atoms with Crippen LogP contribution in [-0.2, 0) is 17.4 Å². The number of aromatic nitrogens is 2. The Morgan fingerprint density at radius 3 is 2.74 bits per heavy atom. The molecule has 1 amide bonds. The van der Waals surface area contributed by atoms with Crippen LogP contribution in [0.5, 0.6) is 0 Å². The molecule has 1 aromatic carbocycles. The number of nitrogens with zero attached hydrogens (tertiary/aromatic N) is 3. The van der Waals surface area contributed by atoms with Crippen molar-refractivity contribution < 1.29 is 23.1 Å². The third-order valence-electron chi connectivity index (χ3n) is 4.83. The first-order valence-corrected chi connectivity index (χ1v) is 9.96. The largest absolute Gasteiger partial charge is 0.416 e. The molecule has 11 heteroatoms. The van der Waals surface area contributed by atoms with Crippen molar-refractivity contribution in [3.63, 3.8) is 0 Å². The second kappa shape index (κ2) is 9.38. The van der Waals surface area contributed by atoms with Crippen LogP contribution in [0.3, 0.4) is 0 Å². The van der Waals surface area contributed by atoms with E-state index in [2.05, 4.69) is 20.6 Å². The maximum atomic E-state index is 13.1. The van der Waals surface area contributed by atoms with Crippen LogP contribution in [0.25, 0.3) is 0 Å². The summed E-state index contributed by atoms with van der Waals surface area (Å²) in [5.74, 6) is 0.342. The average Bonchev–Trinajstić information content (AvgIpc) is 3.15. The van der Waals surface area contributed by atoms with E-state index < -0.39 is 24.3 Å². The maximum absolute atomic E-state index is 13.1. The molecule has 0 spiro atoms. The number of hydrogen-bond acceptors (Lipinski definition) is 7. The molecule has 31 heavy (non-hydrogen) atoms. The number of aryl methyl sites for hydroxylation is 1. The molecule has 3 rings (SSSR count). The van der Waals surface area contributed by atoms with Gasteiger partial charge >= 0.3 is 6.18 Å². The number of nitrogen functional groups attached to an aromatic ring is 1. The first-order valence-electron chi connectivity index (χ1n) is 9.96. The van der Waals surface area contributed by atoms with Gasteiger partial charge in [-0.3, -0.25) is 4.79 Å². The van der Waals surface area contributed by atoms with Gasteiger partial charge in [0.25, 0.3) is 0 Å². The molecule has 1 aliphatic heterocycles. The molecular weight excluding hydrogens is 413 g/mol. The second-order valence-electron chi connectivity index (χ2n) is 7.41. The van der Waals surface area contributed by atoms with Gasteiger partial charge in [0.15, 0.2) is 0 Å². The van der Waals surface area contributed by atoms with Gasteiger partial charge in [-0.1, -0.05) is 13.3 Å². The van der Waals surface area contributed by atoms with Crippen molar-refractivity contribution in [1.29, 1.82) is 0 Å². The van der Waals surface area contributed by atoms with Gasteiger partial charge in [0.05, 0.1) is 5.56 Å². The molecule has 1 aliphatic rings. The van der Waals surface area contributed by atoms with Crippen LogP contribution >= 0.6 is 0 Å². The highest BCUT2D eigenvalue weighted by atomic mass is 19.4. The van der Waals surface area contributed by atoms with Crippen LogP contribution in [0.15, 0.2) is 24.3 Å². The van der Waals surface area contributed by atoms with E-state index in [1.165, 1.54) is 6.07 Å². The van der Waals surface area contributed by atoms with Crippen LogP contribution in [0, 0.1) is 0 Å². The highest BCUT2D eigenvalue weighted by Crippen LogP contribution is 2.33. The summed E-state index contributed by atoms with van der Waals surface area (Å²) in [4.78, 5) is 22.3. The molecule has 1 atom stereocenters. The number of nitrogens with two attached hydrogens (primary N) is 1. The minimum atomic E-state index is -4.52. The van der Waals surface area contributed by atoms with Crippen LogP contribution < -0.4 is 21.3 Å². The number of aliphatic hydroxyl groups is 1. The lowest BCUT2D eigenvalue weighted by molar-refractivity contribution is -0.137. The van der Waals surface area contributed by atoms with Crippen LogP contribution in [0.1, 0.15) is 31.0 Å². The zero-order valence-corrected chi connectivity index (χ0v) is 17.0. The summed E-state index contributed by atoms with van der Waals surface area (Å²) in [6, 6.07) is 4.94. The Kier molecular flexibility index (Phi) is 6.84. The highest BCUT2D eigenvalue weighted by molar-refractivity contribution is 5.77. The predicted molar refractivity (Wildman–Crippen MR) is 111 cm³/mol. The molecule has 0 bridgehead atoms. The molecule has 168 valence electrons. The van der Waals surface area contributed by atoms with Crippen molar-refractivity contribution in [2.24, 2.45) is 0 Å². The third-order valence-corrected chi connectivity index (χ3v) is 4.83. The monoisotopic (exact) mass is 438 g/mol. The number of carbonyl (C=O) groups is 1. The summed E-state index contributed by atoms with van der Waals surface area (Å²) in [7, 11) is 0. The standard InChI is InChI=1S/C20H25F3N6O2/c1-2-3-14-9-17(29-5-4-15(10-29)25-18(31)11-30)28-19(26-14)27-16-7-12(20(21,22)23)6-13(24)8-16/h6-9,15,30H,2-5,10-11,24H2,1H3,(H,25,31)(H,26,27,28). The summed E-state index contributed by atoms with van der Waals surface area (Å²) in [5, 5.41) is 14.5. The van der Waals surface area contributed by atoms with Gasteiger partial charge in [0.2, 0.25) is 11.9 Å². The number of rotatable bonds is 7. The first-order chi connectivity index (χ1) is 14.7. The highest BCUT2D eigenvalue weighted by Gasteiger charge is 2.31. The SMILES string of the molecule is CCCc1cc(N2CCC(NC(=O)CO)C2)nc(Nc2cc(N)cc(C(F)(F)F)c2)n1. The molecular formula is C20H25F3N6O2. The number of amides is 1. The zero-order chi connectivity index (χ0) is 22.6. The van der Waals surface area contributed by atoms with Gasteiger partial charge in [-0.25, -0.2) is 4.98 Å². The number of nitrogens with one attached hydrogen (secondary N) is 2. The molecule has 0 aliphatic carbocycles. The lowest BCUT2D eigenvalue weighted by Gasteiger charge is -2.20. The fraction of sp³-hybridized carbons (Fsp3) is 0.450. The van der Waals surface area contributed by atoms with Crippen molar-refractivity contribution in [2.75, 3.05) is 35.6 Å². The Balaban J connectivity index is 1.84. The van der Waals surface area contributed by atoms with E-state index in [4.69, 9.17) is 10.8 Å². The quantitative estimate of drug-likeness (QED) is 0.491. The summed E-state index contributed by atoms with van der Waals surface area (Å²) in [6.45, 7) is 2.57. The minimum Gasteiger partial charge on any atom is -0.399 e. The number of alkyl halides is 3. The van der Waals surface area contributed by atoms with Crippen molar-refractivity contribution in [1.82, 2.24) is 15.3 Å². The van der Waals surface area contributed by atoms with Crippen molar-refractivity contribution >= 4 is 29.0 Å². The molecule has 0 radical (unpaired) electrons. The van der Waals surface area contributed by atoms with E-state index in [1.54, 1.807) is 0 Å². The van der Waals surface area contributed by atoms with Crippen LogP contribution in [0.4, 0.5) is 36.3 Å². The Morgan fingerprint density at radius 1 is 1.29 bits per heavy atom. The number of aliphatic hydroxyl groups excluding tert-OH is 1. The Labute approximate surface area is 177 Å². The number of hydrogen-bond donors (Lipinski definition) is 4. The van der Waals surface area contributed by atoms with E-state index in [-0.39, 0.29) is 23.4 Å².